The molecule has 1 fully saturated rings. The normalized spacial score (nSPS) is 20.6. The van der Waals surface area contributed by atoms with Crippen LogP contribution in [0.2, 0.25) is 0 Å². The highest BCUT2D eigenvalue weighted by molar-refractivity contribution is 7.99. The van der Waals surface area contributed by atoms with Crippen LogP contribution in [-0.2, 0) is 9.47 Å². The highest BCUT2D eigenvalue weighted by atomic mass is 32.2. The van der Waals surface area contributed by atoms with Gasteiger partial charge in [0.1, 0.15) is 36.3 Å². The first-order chi connectivity index (χ1) is 19.8. The van der Waals surface area contributed by atoms with Crippen molar-refractivity contribution < 1.29 is 39.4 Å². The number of thioether (sulfide) groups is 1. The Morgan fingerprint density at radius 3 is 2.63 bits per heavy atom. The molecule has 0 spiro atoms. The van der Waals surface area contributed by atoms with E-state index in [1.807, 2.05) is 13.8 Å². The first-order valence-corrected chi connectivity index (χ1v) is 14.7. The summed E-state index contributed by atoms with van der Waals surface area (Å²) in [5.74, 6) is -0.00723. The van der Waals surface area contributed by atoms with E-state index in [0.717, 1.165) is 25.7 Å². The lowest BCUT2D eigenvalue weighted by Crippen LogP contribution is -2.33. The number of aliphatic hydroxyl groups is 3. The second-order valence-electron chi connectivity index (χ2n) is 9.73. The van der Waals surface area contributed by atoms with Crippen molar-refractivity contribution in [2.75, 3.05) is 24.7 Å². The Morgan fingerprint density at radius 1 is 1.20 bits per heavy atom. The number of aromatic hydroxyl groups is 1. The van der Waals surface area contributed by atoms with Crippen molar-refractivity contribution in [1.82, 2.24) is 19.5 Å². The van der Waals surface area contributed by atoms with Crippen molar-refractivity contribution >= 4 is 34.7 Å². The average molecular weight is 592 g/mol. The third kappa shape index (κ3) is 6.84. The van der Waals surface area contributed by atoms with Crippen molar-refractivity contribution in [3.8, 4) is 11.5 Å². The van der Waals surface area contributed by atoms with E-state index in [1.54, 1.807) is 12.1 Å². The van der Waals surface area contributed by atoms with Crippen molar-refractivity contribution in [1.29, 1.82) is 0 Å². The predicted octanol–water partition coefficient (Wildman–Crippen LogP) is 2.41. The molecule has 1 aliphatic rings. The summed E-state index contributed by atoms with van der Waals surface area (Å²) in [5, 5.41) is 41.3. The van der Waals surface area contributed by atoms with Crippen LogP contribution < -0.4 is 10.5 Å². The maximum Gasteiger partial charge on any atom is 0.342 e. The minimum absolute atomic E-state index is 0.0658. The Hall–Kier alpha value is -3.17. The number of nitrogens with zero attached hydrogens (tertiary/aromatic N) is 4. The predicted molar refractivity (Wildman–Crippen MR) is 151 cm³/mol. The molecule has 0 amide bonds. The Labute approximate surface area is 241 Å². The lowest BCUT2D eigenvalue weighted by atomic mass is 10.1. The van der Waals surface area contributed by atoms with Gasteiger partial charge < -0.3 is 40.4 Å². The molecule has 224 valence electrons. The number of nitrogen functional groups attached to an aromatic ring is 1. The minimum atomic E-state index is -1.34. The molecule has 3 heterocycles. The number of hydrogen-bond donors (Lipinski definition) is 5. The number of hydrogen-bond acceptors (Lipinski definition) is 13. The lowest BCUT2D eigenvalue weighted by Gasteiger charge is -2.19. The molecule has 41 heavy (non-hydrogen) atoms. The van der Waals surface area contributed by atoms with Crippen molar-refractivity contribution in [2.45, 2.75) is 81.8 Å². The molecule has 0 saturated carbocycles. The quantitative estimate of drug-likeness (QED) is 0.104. The number of carbonyl (C=O) groups is 1. The third-order valence-electron chi connectivity index (χ3n) is 6.72. The van der Waals surface area contributed by atoms with Gasteiger partial charge in [0, 0.05) is 5.75 Å². The number of imidazole rings is 1. The molecule has 3 aromatic rings. The summed E-state index contributed by atoms with van der Waals surface area (Å²) < 4.78 is 18.8. The molecule has 13 nitrogen and oxygen atoms in total. The first-order valence-electron chi connectivity index (χ1n) is 13.7. The van der Waals surface area contributed by atoms with E-state index in [0.29, 0.717) is 28.5 Å². The second kappa shape index (κ2) is 14.1. The largest absolute Gasteiger partial charge is 0.504 e. The third-order valence-corrected chi connectivity index (χ3v) is 7.76. The molecule has 6 N–H and O–H groups in total. The second-order valence-corrected chi connectivity index (χ2v) is 10.8. The van der Waals surface area contributed by atoms with Crippen LogP contribution >= 0.6 is 11.8 Å². The Bertz CT molecular complexity index is 1320. The van der Waals surface area contributed by atoms with E-state index < -0.39 is 37.1 Å². The summed E-state index contributed by atoms with van der Waals surface area (Å²) >= 11 is 1.31. The molecule has 0 aliphatic carbocycles. The van der Waals surface area contributed by atoms with E-state index in [-0.39, 0.29) is 35.6 Å². The topological polar surface area (TPSA) is 195 Å². The van der Waals surface area contributed by atoms with Gasteiger partial charge in [-0.1, -0.05) is 44.5 Å². The number of anilines is 1. The van der Waals surface area contributed by atoms with E-state index >= 15 is 0 Å². The number of aliphatic hydroxyl groups excluding tert-OH is 3. The van der Waals surface area contributed by atoms with Gasteiger partial charge in [0.15, 0.2) is 39.9 Å². The smallest absolute Gasteiger partial charge is 0.342 e. The van der Waals surface area contributed by atoms with Gasteiger partial charge in [0.25, 0.3) is 0 Å². The van der Waals surface area contributed by atoms with Crippen LogP contribution in [0.5, 0.6) is 11.5 Å². The van der Waals surface area contributed by atoms with E-state index in [9.17, 15) is 25.2 Å². The van der Waals surface area contributed by atoms with Crippen LogP contribution in [-0.4, -0.2) is 89.3 Å². The molecule has 0 radical (unpaired) electrons. The Morgan fingerprint density at radius 2 is 1.95 bits per heavy atom. The standard InChI is InChI=1S/C27H37N5O8S/c1-3-7-15(8-4-2)39-26(37)16-9-5-10-17(34)22(16)38-11-6-12-41-27-31-19-23(28)29-14-30-24(19)32(27)25-21(36)20(35)18(13-33)40-25/h5,9-10,14-15,18,20-21,25,33-36H,3-4,6-8,11-13H2,1-2H3,(H2,28,29,30)/t18-,20?,21?,25-/m1/s1. The number of nitrogens with two attached hydrogens (primary N) is 1. The van der Waals surface area contributed by atoms with Crippen LogP contribution in [0.4, 0.5) is 5.82 Å². The van der Waals surface area contributed by atoms with Gasteiger partial charge >= 0.3 is 5.97 Å². The highest BCUT2D eigenvalue weighted by Crippen LogP contribution is 2.37. The molecule has 1 aliphatic heterocycles. The fourth-order valence-electron chi connectivity index (χ4n) is 4.69. The zero-order valence-electron chi connectivity index (χ0n) is 23.0. The zero-order valence-corrected chi connectivity index (χ0v) is 23.9. The summed E-state index contributed by atoms with van der Waals surface area (Å²) in [6.07, 6.45) is 0.189. The number of para-hydroxylation sites is 1. The molecule has 2 aromatic heterocycles. The molecule has 1 aromatic carbocycles. The van der Waals surface area contributed by atoms with Crippen molar-refractivity contribution in [3.05, 3.63) is 30.1 Å². The zero-order chi connectivity index (χ0) is 29.5. The summed E-state index contributed by atoms with van der Waals surface area (Å²) in [4.78, 5) is 25.7. The number of ether oxygens (including phenoxy) is 3. The summed E-state index contributed by atoms with van der Waals surface area (Å²) in [6.45, 7) is 3.77. The Kier molecular flexibility index (Phi) is 10.6. The maximum absolute atomic E-state index is 12.9. The van der Waals surface area contributed by atoms with Gasteiger partial charge in [-0.05, 0) is 31.4 Å². The number of benzene rings is 1. The number of fused-ring (bicyclic) bond motifs is 1. The van der Waals surface area contributed by atoms with Gasteiger partial charge in [-0.2, -0.15) is 0 Å². The molecule has 14 heteroatoms. The Balaban J connectivity index is 1.43. The van der Waals surface area contributed by atoms with Crippen LogP contribution in [0.3, 0.4) is 0 Å². The summed E-state index contributed by atoms with van der Waals surface area (Å²) in [7, 11) is 0. The molecular weight excluding hydrogens is 554 g/mol. The van der Waals surface area contributed by atoms with Crippen molar-refractivity contribution in [2.24, 2.45) is 0 Å². The van der Waals surface area contributed by atoms with Gasteiger partial charge in [0.05, 0.1) is 13.2 Å². The minimum Gasteiger partial charge on any atom is -0.504 e. The van der Waals surface area contributed by atoms with Crippen LogP contribution in [0.1, 0.15) is 62.5 Å². The molecule has 2 unspecified atom stereocenters. The number of carbonyl (C=O) groups excluding carboxylic acids is 1. The summed E-state index contributed by atoms with van der Waals surface area (Å²) in [6, 6.07) is 4.58. The van der Waals surface area contributed by atoms with Crippen LogP contribution in [0, 0.1) is 0 Å². The maximum atomic E-state index is 12.9. The average Bonchev–Trinajstić information content (AvgIpc) is 3.46. The van der Waals surface area contributed by atoms with Gasteiger partial charge in [-0.25, -0.2) is 19.7 Å². The number of phenols is 1. The number of rotatable bonds is 14. The number of aromatic nitrogens is 4. The summed E-state index contributed by atoms with van der Waals surface area (Å²) in [5.41, 5.74) is 6.79. The van der Waals surface area contributed by atoms with Gasteiger partial charge in [-0.3, -0.25) is 4.57 Å². The van der Waals surface area contributed by atoms with E-state index in [1.165, 1.54) is 28.7 Å². The monoisotopic (exact) mass is 591 g/mol. The number of phenolic OH excluding ortho intramolecular Hbond substituents is 1. The number of esters is 1. The van der Waals surface area contributed by atoms with Crippen LogP contribution in [0.25, 0.3) is 11.2 Å². The van der Waals surface area contributed by atoms with Gasteiger partial charge in [0.2, 0.25) is 0 Å². The fourth-order valence-corrected chi connectivity index (χ4v) is 5.62. The van der Waals surface area contributed by atoms with Gasteiger partial charge in [-0.15, -0.1) is 0 Å². The fraction of sp³-hybridized carbons (Fsp3) is 0.556. The lowest BCUT2D eigenvalue weighted by molar-refractivity contribution is -0.0548. The molecular formula is C27H37N5O8S. The molecule has 4 atom stereocenters. The molecule has 1 saturated heterocycles. The highest BCUT2D eigenvalue weighted by Gasteiger charge is 2.45. The molecule has 4 rings (SSSR count). The first kappa shape index (κ1) is 30.8. The van der Waals surface area contributed by atoms with E-state index in [2.05, 4.69) is 15.0 Å². The van der Waals surface area contributed by atoms with Crippen LogP contribution in [0.15, 0.2) is 29.7 Å². The SMILES string of the molecule is CCCC(CCC)OC(=O)c1cccc(O)c1OCCCSc1nc2c(N)ncnc2n1[C@@H]1O[C@H](CO)C(O)C1O. The van der Waals surface area contributed by atoms with Crippen molar-refractivity contribution in [3.63, 3.8) is 0 Å². The van der Waals surface area contributed by atoms with E-state index in [4.69, 9.17) is 19.9 Å². The molecule has 0 bridgehead atoms.